The van der Waals surface area contributed by atoms with Crippen LogP contribution in [0.5, 0.6) is 17.2 Å². The highest BCUT2D eigenvalue weighted by Crippen LogP contribution is 2.50. The van der Waals surface area contributed by atoms with E-state index in [0.29, 0.717) is 27.9 Å². The fourth-order valence-electron chi connectivity index (χ4n) is 4.17. The lowest BCUT2D eigenvalue weighted by Crippen LogP contribution is -2.39. The Bertz CT molecular complexity index is 1380. The molecule has 2 aliphatic heterocycles. The molecule has 0 bridgehead atoms. The van der Waals surface area contributed by atoms with Crippen LogP contribution in [0.1, 0.15) is 28.4 Å². The molecule has 0 spiro atoms. The quantitative estimate of drug-likeness (QED) is 0.549. The Morgan fingerprint density at radius 3 is 2.51 bits per heavy atom. The van der Waals surface area contributed by atoms with Crippen molar-refractivity contribution in [3.63, 3.8) is 0 Å². The highest BCUT2D eigenvalue weighted by atomic mass is 19.3. The standard InChI is InChI=1S/C25H20F2N2O6/c1-13-14(6-4-7-15(13)22(30)32-3)17-8-5-9-21(28-17)29-23(31)24(2)12-33-18-11-20-19(10-16(18)24)34-25(26,27)35-20/h4-11H,12H2,1-3H3,(H,28,29,31)/t24-/m0/s1. The Morgan fingerprint density at radius 1 is 1.06 bits per heavy atom. The summed E-state index contributed by atoms with van der Waals surface area (Å²) in [5.74, 6) is -0.680. The van der Waals surface area contributed by atoms with Crippen LogP contribution in [0.3, 0.4) is 0 Å². The number of carbonyl (C=O) groups is 2. The fraction of sp³-hybridized carbons (Fsp3) is 0.240. The van der Waals surface area contributed by atoms with Crippen molar-refractivity contribution in [2.45, 2.75) is 25.6 Å². The molecule has 1 aromatic heterocycles. The van der Waals surface area contributed by atoms with Crippen molar-refractivity contribution in [1.82, 2.24) is 4.98 Å². The maximum atomic E-state index is 13.5. The summed E-state index contributed by atoms with van der Waals surface area (Å²) in [6, 6.07) is 12.9. The number of nitrogens with one attached hydrogen (secondary N) is 1. The number of nitrogens with zero attached hydrogens (tertiary/aromatic N) is 1. The van der Waals surface area contributed by atoms with E-state index in [1.807, 2.05) is 6.07 Å². The van der Waals surface area contributed by atoms with Crippen LogP contribution >= 0.6 is 0 Å². The molecule has 2 aliphatic rings. The second-order valence-electron chi connectivity index (χ2n) is 8.42. The van der Waals surface area contributed by atoms with Crippen molar-refractivity contribution in [2.75, 3.05) is 19.0 Å². The number of amides is 1. The first-order valence-electron chi connectivity index (χ1n) is 10.7. The lowest BCUT2D eigenvalue weighted by Gasteiger charge is -2.21. The van der Waals surface area contributed by atoms with Crippen LogP contribution in [-0.2, 0) is 14.9 Å². The number of esters is 1. The molecule has 0 aliphatic carbocycles. The molecule has 3 aromatic rings. The number of hydrogen-bond donors (Lipinski definition) is 1. The van der Waals surface area contributed by atoms with Gasteiger partial charge in [-0.3, -0.25) is 4.79 Å². The average molecular weight is 482 g/mol. The second-order valence-corrected chi connectivity index (χ2v) is 8.42. The van der Waals surface area contributed by atoms with E-state index in [1.54, 1.807) is 44.2 Å². The zero-order chi connectivity index (χ0) is 25.0. The highest BCUT2D eigenvalue weighted by molar-refractivity contribution is 6.00. The third kappa shape index (κ3) is 3.80. The molecule has 0 unspecified atom stereocenters. The molecule has 1 atom stereocenters. The van der Waals surface area contributed by atoms with Crippen molar-refractivity contribution < 1.29 is 37.3 Å². The molecule has 5 rings (SSSR count). The molecule has 3 heterocycles. The monoisotopic (exact) mass is 482 g/mol. The molecule has 0 saturated carbocycles. The number of aromatic nitrogens is 1. The number of ether oxygens (including phenoxy) is 4. The number of methoxy groups -OCH3 is 1. The van der Waals surface area contributed by atoms with E-state index in [4.69, 9.17) is 9.47 Å². The van der Waals surface area contributed by atoms with E-state index in [0.717, 1.165) is 0 Å². The maximum absolute atomic E-state index is 13.5. The summed E-state index contributed by atoms with van der Waals surface area (Å²) in [5, 5.41) is 2.79. The Hall–Kier alpha value is -4.21. The van der Waals surface area contributed by atoms with Crippen molar-refractivity contribution >= 4 is 17.7 Å². The van der Waals surface area contributed by atoms with Gasteiger partial charge in [-0.15, -0.1) is 8.78 Å². The number of anilines is 1. The minimum Gasteiger partial charge on any atom is -0.492 e. The maximum Gasteiger partial charge on any atom is 0.586 e. The smallest absolute Gasteiger partial charge is 0.492 e. The lowest BCUT2D eigenvalue weighted by atomic mass is 9.83. The second kappa shape index (κ2) is 7.93. The predicted molar refractivity (Wildman–Crippen MR) is 120 cm³/mol. The van der Waals surface area contributed by atoms with E-state index >= 15 is 0 Å². The summed E-state index contributed by atoms with van der Waals surface area (Å²) in [4.78, 5) is 29.9. The van der Waals surface area contributed by atoms with Crippen LogP contribution in [0, 0.1) is 6.92 Å². The van der Waals surface area contributed by atoms with Gasteiger partial charge in [-0.1, -0.05) is 18.2 Å². The first-order valence-corrected chi connectivity index (χ1v) is 10.7. The van der Waals surface area contributed by atoms with E-state index in [1.165, 1.54) is 19.2 Å². The van der Waals surface area contributed by atoms with Crippen LogP contribution in [-0.4, -0.2) is 36.9 Å². The summed E-state index contributed by atoms with van der Waals surface area (Å²) in [5.41, 5.74) is 1.56. The van der Waals surface area contributed by atoms with Gasteiger partial charge < -0.3 is 24.3 Å². The molecule has 180 valence electrons. The van der Waals surface area contributed by atoms with Crippen LogP contribution in [0.2, 0.25) is 0 Å². The first-order chi connectivity index (χ1) is 16.6. The average Bonchev–Trinajstić information content (AvgIpc) is 3.32. The van der Waals surface area contributed by atoms with Gasteiger partial charge in [-0.2, -0.15) is 0 Å². The Balaban J connectivity index is 1.42. The lowest BCUT2D eigenvalue weighted by molar-refractivity contribution is -0.286. The summed E-state index contributed by atoms with van der Waals surface area (Å²) >= 11 is 0. The topological polar surface area (TPSA) is 96.0 Å². The SMILES string of the molecule is COC(=O)c1cccc(-c2cccc(NC(=O)[C@@]3(C)COc4cc5c(cc43)OC(F)(F)O5)n2)c1C. The van der Waals surface area contributed by atoms with Gasteiger partial charge in [0.1, 0.15) is 23.6 Å². The molecular formula is C25H20F2N2O6. The summed E-state index contributed by atoms with van der Waals surface area (Å²) < 4.78 is 46.4. The Labute approximate surface area is 198 Å². The van der Waals surface area contributed by atoms with Crippen molar-refractivity contribution in [2.24, 2.45) is 0 Å². The van der Waals surface area contributed by atoms with E-state index in [2.05, 4.69) is 19.8 Å². The zero-order valence-corrected chi connectivity index (χ0v) is 19.0. The molecule has 0 saturated heterocycles. The number of rotatable bonds is 4. The summed E-state index contributed by atoms with van der Waals surface area (Å²) in [6.45, 7) is 3.42. The van der Waals surface area contributed by atoms with Crippen molar-refractivity contribution in [3.05, 3.63) is 65.2 Å². The number of benzene rings is 2. The summed E-state index contributed by atoms with van der Waals surface area (Å²) in [7, 11) is 1.31. The van der Waals surface area contributed by atoms with Gasteiger partial charge in [0.25, 0.3) is 0 Å². The molecule has 10 heteroatoms. The third-order valence-electron chi connectivity index (χ3n) is 6.12. The molecule has 2 aromatic carbocycles. The Kier molecular flexibility index (Phi) is 5.12. The van der Waals surface area contributed by atoms with Gasteiger partial charge in [0.05, 0.1) is 18.4 Å². The van der Waals surface area contributed by atoms with E-state index in [9.17, 15) is 18.4 Å². The molecular weight excluding hydrogens is 462 g/mol. The fourth-order valence-corrected chi connectivity index (χ4v) is 4.17. The molecule has 35 heavy (non-hydrogen) atoms. The van der Waals surface area contributed by atoms with Gasteiger partial charge in [0.2, 0.25) is 5.91 Å². The molecule has 1 amide bonds. The normalized spacial score (nSPS) is 19.0. The molecule has 0 radical (unpaired) electrons. The summed E-state index contributed by atoms with van der Waals surface area (Å²) in [6.07, 6.45) is -3.77. The van der Waals surface area contributed by atoms with Crippen LogP contribution in [0.4, 0.5) is 14.6 Å². The first kappa shape index (κ1) is 22.6. The van der Waals surface area contributed by atoms with Gasteiger partial charge in [0.15, 0.2) is 11.5 Å². The number of pyridine rings is 1. The third-order valence-corrected chi connectivity index (χ3v) is 6.12. The molecule has 0 fully saturated rings. The van der Waals surface area contributed by atoms with Gasteiger partial charge in [-0.05, 0) is 43.7 Å². The minimum atomic E-state index is -3.77. The largest absolute Gasteiger partial charge is 0.586 e. The van der Waals surface area contributed by atoms with Crippen molar-refractivity contribution in [1.29, 1.82) is 0 Å². The van der Waals surface area contributed by atoms with Crippen LogP contribution < -0.4 is 19.5 Å². The van der Waals surface area contributed by atoms with Crippen LogP contribution in [0.15, 0.2) is 48.5 Å². The van der Waals surface area contributed by atoms with Gasteiger partial charge in [0, 0.05) is 17.2 Å². The number of fused-ring (bicyclic) bond motifs is 2. The highest BCUT2D eigenvalue weighted by Gasteiger charge is 2.49. The van der Waals surface area contributed by atoms with Crippen LogP contribution in [0.25, 0.3) is 11.3 Å². The molecule has 8 nitrogen and oxygen atoms in total. The van der Waals surface area contributed by atoms with Crippen molar-refractivity contribution in [3.8, 4) is 28.5 Å². The van der Waals surface area contributed by atoms with E-state index < -0.39 is 23.6 Å². The number of halogens is 2. The van der Waals surface area contributed by atoms with E-state index in [-0.39, 0.29) is 29.7 Å². The molecule has 1 N–H and O–H groups in total. The Morgan fingerprint density at radius 2 is 1.77 bits per heavy atom. The predicted octanol–water partition coefficient (Wildman–Crippen LogP) is 4.45. The number of hydrogen-bond acceptors (Lipinski definition) is 7. The number of alkyl halides is 2. The number of carbonyl (C=O) groups excluding carboxylic acids is 2. The van der Waals surface area contributed by atoms with Gasteiger partial charge >= 0.3 is 12.3 Å². The zero-order valence-electron chi connectivity index (χ0n) is 19.0. The minimum absolute atomic E-state index is 0.00652. The van der Waals surface area contributed by atoms with Gasteiger partial charge in [-0.25, -0.2) is 9.78 Å².